The van der Waals surface area contributed by atoms with Gasteiger partial charge < -0.3 is 4.90 Å². The third-order valence-electron chi connectivity index (χ3n) is 5.36. The lowest BCUT2D eigenvalue weighted by Gasteiger charge is -2.35. The van der Waals surface area contributed by atoms with Gasteiger partial charge in [0.2, 0.25) is 0 Å². The predicted octanol–water partition coefficient (Wildman–Crippen LogP) is 5.21. The third-order valence-corrected chi connectivity index (χ3v) is 5.36. The predicted molar refractivity (Wildman–Crippen MR) is 119 cm³/mol. The van der Waals surface area contributed by atoms with Gasteiger partial charge in [0, 0.05) is 18.8 Å². The molecule has 142 valence electrons. The Labute approximate surface area is 167 Å². The van der Waals surface area contributed by atoms with Crippen LogP contribution in [0.15, 0.2) is 84.0 Å². The van der Waals surface area contributed by atoms with Gasteiger partial charge in [0.1, 0.15) is 0 Å². The first-order valence-electron chi connectivity index (χ1n) is 9.97. The van der Waals surface area contributed by atoms with Gasteiger partial charge in [-0.25, -0.2) is 0 Å². The monoisotopic (exact) mass is 369 g/mol. The molecule has 0 bridgehead atoms. The van der Waals surface area contributed by atoms with E-state index in [0.29, 0.717) is 0 Å². The third kappa shape index (κ3) is 4.25. The second-order valence-electron chi connectivity index (χ2n) is 7.41. The minimum Gasteiger partial charge on any atom is -0.368 e. The van der Waals surface area contributed by atoms with Crippen molar-refractivity contribution in [3.05, 3.63) is 90.0 Å². The Morgan fingerprint density at radius 1 is 0.714 bits per heavy atom. The first-order chi connectivity index (χ1) is 13.7. The molecule has 1 aliphatic heterocycles. The van der Waals surface area contributed by atoms with Crippen LogP contribution in [-0.2, 0) is 0 Å². The number of aryl methyl sites for hydroxylation is 1. The molecule has 3 aromatic carbocycles. The second-order valence-corrected chi connectivity index (χ2v) is 7.41. The number of benzene rings is 3. The molecule has 1 heterocycles. The zero-order valence-electron chi connectivity index (χ0n) is 16.7. The van der Waals surface area contributed by atoms with Crippen molar-refractivity contribution < 1.29 is 0 Å². The number of piperazine rings is 1. The average Bonchev–Trinajstić information content (AvgIpc) is 2.76. The molecule has 4 rings (SSSR count). The largest absolute Gasteiger partial charge is 0.368 e. The van der Waals surface area contributed by atoms with Crippen LogP contribution in [0.25, 0.3) is 11.1 Å². The molecule has 0 N–H and O–H groups in total. The first-order valence-corrected chi connectivity index (χ1v) is 9.97. The summed E-state index contributed by atoms with van der Waals surface area (Å²) in [5, 5.41) is 7.07. The molecule has 0 aromatic heterocycles. The molecule has 28 heavy (non-hydrogen) atoms. The topological polar surface area (TPSA) is 18.8 Å². The van der Waals surface area contributed by atoms with E-state index >= 15 is 0 Å². The highest BCUT2D eigenvalue weighted by molar-refractivity contribution is 5.98. The smallest absolute Gasteiger partial charge is 0.0646 e. The van der Waals surface area contributed by atoms with E-state index < -0.39 is 0 Å². The molecule has 0 radical (unpaired) electrons. The minimum absolute atomic E-state index is 0.952. The van der Waals surface area contributed by atoms with Gasteiger partial charge in [0.05, 0.1) is 18.8 Å². The Kier molecular flexibility index (Phi) is 5.43. The Balaban J connectivity index is 1.39. The molecule has 0 amide bonds. The highest BCUT2D eigenvalue weighted by atomic mass is 15.5. The van der Waals surface area contributed by atoms with Crippen molar-refractivity contribution in [3.63, 3.8) is 0 Å². The molecule has 3 heteroatoms. The van der Waals surface area contributed by atoms with Crippen molar-refractivity contribution in [1.29, 1.82) is 0 Å². The molecule has 3 aromatic rings. The van der Waals surface area contributed by atoms with E-state index in [2.05, 4.69) is 96.6 Å². The maximum absolute atomic E-state index is 4.87. The Hall–Kier alpha value is -3.07. The van der Waals surface area contributed by atoms with Crippen molar-refractivity contribution >= 4 is 11.4 Å². The van der Waals surface area contributed by atoms with E-state index in [9.17, 15) is 0 Å². The van der Waals surface area contributed by atoms with E-state index in [1.165, 1.54) is 27.9 Å². The molecule has 0 saturated carbocycles. The fourth-order valence-electron chi connectivity index (χ4n) is 3.61. The van der Waals surface area contributed by atoms with Crippen LogP contribution in [-0.4, -0.2) is 36.9 Å². The van der Waals surface area contributed by atoms with Crippen LogP contribution in [0.3, 0.4) is 0 Å². The summed E-state index contributed by atoms with van der Waals surface area (Å²) in [7, 11) is 0. The van der Waals surface area contributed by atoms with Crippen molar-refractivity contribution in [3.8, 4) is 11.1 Å². The van der Waals surface area contributed by atoms with E-state index in [0.717, 1.165) is 31.9 Å². The molecule has 0 atom stereocenters. The Morgan fingerprint density at radius 2 is 1.32 bits per heavy atom. The standard InChI is InChI=1S/C25H27N3/c1-20-8-14-25(15-9-20)27-16-18-28(19-17-27)26-21(2)22-10-12-24(13-11-22)23-6-4-3-5-7-23/h3-15H,16-19H2,1-2H3. The summed E-state index contributed by atoms with van der Waals surface area (Å²) in [4.78, 5) is 2.44. The molecule has 0 unspecified atom stereocenters. The van der Waals surface area contributed by atoms with Crippen LogP contribution >= 0.6 is 0 Å². The minimum atomic E-state index is 0.952. The van der Waals surface area contributed by atoms with Gasteiger partial charge in [0.15, 0.2) is 0 Å². The number of rotatable bonds is 4. The number of hydrogen-bond donors (Lipinski definition) is 0. The van der Waals surface area contributed by atoms with E-state index in [4.69, 9.17) is 5.10 Å². The van der Waals surface area contributed by atoms with Gasteiger partial charge in [-0.2, -0.15) is 5.10 Å². The first kappa shape index (κ1) is 18.3. The van der Waals surface area contributed by atoms with Crippen LogP contribution < -0.4 is 4.90 Å². The highest BCUT2D eigenvalue weighted by Gasteiger charge is 2.16. The summed E-state index contributed by atoms with van der Waals surface area (Å²) < 4.78 is 0. The molecular weight excluding hydrogens is 342 g/mol. The number of anilines is 1. The second kappa shape index (κ2) is 8.30. The van der Waals surface area contributed by atoms with E-state index in [1.807, 2.05) is 6.07 Å². The number of nitrogens with zero attached hydrogens (tertiary/aromatic N) is 3. The molecule has 0 aliphatic carbocycles. The lowest BCUT2D eigenvalue weighted by molar-refractivity contribution is 0.270. The zero-order valence-corrected chi connectivity index (χ0v) is 16.7. The summed E-state index contributed by atoms with van der Waals surface area (Å²) in [5.74, 6) is 0. The highest BCUT2D eigenvalue weighted by Crippen LogP contribution is 2.20. The molecule has 0 spiro atoms. The average molecular weight is 370 g/mol. The lowest BCUT2D eigenvalue weighted by atomic mass is 10.0. The number of hydrazone groups is 1. The van der Waals surface area contributed by atoms with Crippen molar-refractivity contribution in [1.82, 2.24) is 5.01 Å². The molecule has 1 fully saturated rings. The van der Waals surface area contributed by atoms with Crippen LogP contribution in [0.5, 0.6) is 0 Å². The van der Waals surface area contributed by atoms with Crippen LogP contribution in [0.2, 0.25) is 0 Å². The maximum atomic E-state index is 4.87. The molecule has 1 saturated heterocycles. The van der Waals surface area contributed by atoms with E-state index in [1.54, 1.807) is 0 Å². The summed E-state index contributed by atoms with van der Waals surface area (Å²) >= 11 is 0. The van der Waals surface area contributed by atoms with Crippen molar-refractivity contribution in [2.75, 3.05) is 31.1 Å². The zero-order chi connectivity index (χ0) is 19.3. The fraction of sp³-hybridized carbons (Fsp3) is 0.240. The Bertz CT molecular complexity index is 920. The fourth-order valence-corrected chi connectivity index (χ4v) is 3.61. The summed E-state index contributed by atoms with van der Waals surface area (Å²) in [5.41, 5.74) is 7.35. The van der Waals surface area contributed by atoms with Gasteiger partial charge in [-0.05, 0) is 42.7 Å². The maximum Gasteiger partial charge on any atom is 0.0646 e. The SMILES string of the molecule is CC(=NN1CCN(c2ccc(C)cc2)CC1)c1ccc(-c2ccccc2)cc1. The summed E-state index contributed by atoms with van der Waals surface area (Å²) in [6, 6.07) is 28.0. The van der Waals surface area contributed by atoms with Crippen LogP contribution in [0.1, 0.15) is 18.1 Å². The van der Waals surface area contributed by atoms with Crippen LogP contribution in [0.4, 0.5) is 5.69 Å². The van der Waals surface area contributed by atoms with Gasteiger partial charge in [-0.1, -0.05) is 72.3 Å². The van der Waals surface area contributed by atoms with Gasteiger partial charge in [0.25, 0.3) is 0 Å². The quantitative estimate of drug-likeness (QED) is 0.588. The normalized spacial score (nSPS) is 15.0. The van der Waals surface area contributed by atoms with Gasteiger partial charge in [-0.3, -0.25) is 5.01 Å². The summed E-state index contributed by atoms with van der Waals surface area (Å²) in [6.45, 7) is 8.15. The van der Waals surface area contributed by atoms with Gasteiger partial charge >= 0.3 is 0 Å². The van der Waals surface area contributed by atoms with Crippen molar-refractivity contribution in [2.45, 2.75) is 13.8 Å². The van der Waals surface area contributed by atoms with Gasteiger partial charge in [-0.15, -0.1) is 0 Å². The van der Waals surface area contributed by atoms with Crippen molar-refractivity contribution in [2.24, 2.45) is 5.10 Å². The molecular formula is C25H27N3. The Morgan fingerprint density at radius 3 is 1.96 bits per heavy atom. The van der Waals surface area contributed by atoms with E-state index in [-0.39, 0.29) is 0 Å². The van der Waals surface area contributed by atoms with Crippen LogP contribution in [0, 0.1) is 6.92 Å². The number of hydrogen-bond acceptors (Lipinski definition) is 3. The lowest BCUT2D eigenvalue weighted by Crippen LogP contribution is -2.44. The summed E-state index contributed by atoms with van der Waals surface area (Å²) in [6.07, 6.45) is 0. The molecule has 1 aliphatic rings. The molecule has 3 nitrogen and oxygen atoms in total.